The van der Waals surface area contributed by atoms with Crippen LogP contribution in [0.5, 0.6) is 11.5 Å². The molecule has 1 aromatic heterocycles. The Bertz CT molecular complexity index is 916. The quantitative estimate of drug-likeness (QED) is 0.568. The smallest absolute Gasteiger partial charge is 0.263 e. The van der Waals surface area contributed by atoms with E-state index in [0.717, 1.165) is 5.56 Å². The Morgan fingerprint density at radius 1 is 1.33 bits per heavy atom. The number of methoxy groups -OCH3 is 1. The highest BCUT2D eigenvalue weighted by atomic mass is 32.2. The lowest BCUT2D eigenvalue weighted by Gasteiger charge is -2.11. The number of pyridine rings is 1. The number of nitrogens with zero attached hydrogens (tertiary/aromatic N) is 1. The van der Waals surface area contributed by atoms with Crippen molar-refractivity contribution in [3.63, 3.8) is 0 Å². The lowest BCUT2D eigenvalue weighted by molar-refractivity contribution is -0.118. The van der Waals surface area contributed by atoms with Gasteiger partial charge in [0.1, 0.15) is 10.1 Å². The number of anilines is 1. The molecular weight excluding hydrogens is 386 g/mol. The van der Waals surface area contributed by atoms with Gasteiger partial charge in [-0.05, 0) is 35.9 Å². The van der Waals surface area contributed by atoms with Gasteiger partial charge in [0, 0.05) is 6.20 Å². The predicted molar refractivity (Wildman–Crippen MR) is 108 cm³/mol. The van der Waals surface area contributed by atoms with Gasteiger partial charge >= 0.3 is 0 Å². The van der Waals surface area contributed by atoms with Crippen molar-refractivity contribution in [2.45, 2.75) is 0 Å². The van der Waals surface area contributed by atoms with E-state index in [0.29, 0.717) is 26.5 Å². The molecule has 0 bridgehead atoms. The zero-order valence-electron chi connectivity index (χ0n) is 14.2. The molecule has 0 aliphatic carbocycles. The second-order valence-electron chi connectivity index (χ2n) is 5.31. The van der Waals surface area contributed by atoms with Crippen LogP contribution >= 0.6 is 24.0 Å². The fraction of sp³-hybridized carbons (Fsp3) is 0.111. The number of hydrogen-bond acceptors (Lipinski definition) is 7. The van der Waals surface area contributed by atoms with Crippen LogP contribution in [-0.4, -0.2) is 34.8 Å². The van der Waals surface area contributed by atoms with Crippen molar-refractivity contribution in [2.24, 2.45) is 0 Å². The van der Waals surface area contributed by atoms with Gasteiger partial charge < -0.3 is 20.1 Å². The standard InChI is InChI=1S/C18H15N3O4S2/c1-24-13-8-11(9-14-17(23)21-18(26)27-14)5-6-12(13)25-10-16(22)20-15-4-2-3-7-19-15/h2-9H,10H2,1H3,(H,19,20,22)(H,21,23,26)/b14-9+. The van der Waals surface area contributed by atoms with Gasteiger partial charge in [0.05, 0.1) is 12.0 Å². The highest BCUT2D eigenvalue weighted by molar-refractivity contribution is 8.26. The Balaban J connectivity index is 1.66. The van der Waals surface area contributed by atoms with E-state index in [1.807, 2.05) is 0 Å². The summed E-state index contributed by atoms with van der Waals surface area (Å²) in [6, 6.07) is 10.4. The van der Waals surface area contributed by atoms with E-state index >= 15 is 0 Å². The topological polar surface area (TPSA) is 89.5 Å². The molecule has 2 heterocycles. The number of rotatable bonds is 6. The van der Waals surface area contributed by atoms with Crippen molar-refractivity contribution in [1.82, 2.24) is 10.3 Å². The molecular formula is C18H15N3O4S2. The molecule has 1 fully saturated rings. The van der Waals surface area contributed by atoms with Gasteiger partial charge in [-0.3, -0.25) is 9.59 Å². The summed E-state index contributed by atoms with van der Waals surface area (Å²) in [5.41, 5.74) is 0.750. The Labute approximate surface area is 165 Å². The second kappa shape index (κ2) is 8.65. The van der Waals surface area contributed by atoms with E-state index < -0.39 is 0 Å². The third-order valence-electron chi connectivity index (χ3n) is 3.42. The van der Waals surface area contributed by atoms with Crippen LogP contribution in [0.25, 0.3) is 6.08 Å². The maximum absolute atomic E-state index is 12.0. The average Bonchev–Trinajstić information content (AvgIpc) is 2.98. The Morgan fingerprint density at radius 2 is 2.19 bits per heavy atom. The summed E-state index contributed by atoms with van der Waals surface area (Å²) < 4.78 is 11.3. The third kappa shape index (κ3) is 5.05. The Hall–Kier alpha value is -2.91. The van der Waals surface area contributed by atoms with Crippen molar-refractivity contribution in [1.29, 1.82) is 0 Å². The number of carbonyl (C=O) groups excluding carboxylic acids is 2. The first-order valence-electron chi connectivity index (χ1n) is 7.82. The maximum Gasteiger partial charge on any atom is 0.263 e. The van der Waals surface area contributed by atoms with Gasteiger partial charge in [-0.1, -0.05) is 36.1 Å². The van der Waals surface area contributed by atoms with Gasteiger partial charge in [0.2, 0.25) is 0 Å². The van der Waals surface area contributed by atoms with Crippen molar-refractivity contribution in [3.8, 4) is 11.5 Å². The zero-order chi connectivity index (χ0) is 19.2. The summed E-state index contributed by atoms with van der Waals surface area (Å²) in [4.78, 5) is 28.2. The molecule has 1 aliphatic heterocycles. The third-order valence-corrected chi connectivity index (χ3v) is 4.58. The molecule has 2 aromatic rings. The van der Waals surface area contributed by atoms with E-state index in [4.69, 9.17) is 21.7 Å². The summed E-state index contributed by atoms with van der Waals surface area (Å²) in [7, 11) is 1.50. The van der Waals surface area contributed by atoms with Gasteiger partial charge in [0.15, 0.2) is 18.1 Å². The highest BCUT2D eigenvalue weighted by Gasteiger charge is 2.22. The number of nitrogens with one attached hydrogen (secondary N) is 2. The van der Waals surface area contributed by atoms with Gasteiger partial charge in [0.25, 0.3) is 11.8 Å². The number of thiocarbonyl (C=S) groups is 1. The fourth-order valence-corrected chi connectivity index (χ4v) is 3.27. The van der Waals surface area contributed by atoms with Gasteiger partial charge in [-0.25, -0.2) is 4.98 Å². The monoisotopic (exact) mass is 401 g/mol. The SMILES string of the molecule is COc1cc(/C=C2/SC(=S)NC2=O)ccc1OCC(=O)Nc1ccccn1. The minimum atomic E-state index is -0.338. The molecule has 2 N–H and O–H groups in total. The zero-order valence-corrected chi connectivity index (χ0v) is 15.9. The first-order chi connectivity index (χ1) is 13.0. The number of hydrogen-bond donors (Lipinski definition) is 2. The number of aromatic nitrogens is 1. The van der Waals surface area contributed by atoms with E-state index in [1.54, 1.807) is 48.7 Å². The largest absolute Gasteiger partial charge is 0.493 e. The minimum absolute atomic E-state index is 0.195. The van der Waals surface area contributed by atoms with Crippen LogP contribution in [0.2, 0.25) is 0 Å². The average molecular weight is 401 g/mol. The van der Waals surface area contributed by atoms with E-state index in [-0.39, 0.29) is 18.4 Å². The van der Waals surface area contributed by atoms with Crippen LogP contribution in [0.4, 0.5) is 5.82 Å². The van der Waals surface area contributed by atoms with Crippen molar-refractivity contribution in [2.75, 3.05) is 19.0 Å². The summed E-state index contributed by atoms with van der Waals surface area (Å²) in [5.74, 6) is 0.742. The molecule has 1 aliphatic rings. The van der Waals surface area contributed by atoms with Crippen LogP contribution in [-0.2, 0) is 9.59 Å². The lowest BCUT2D eigenvalue weighted by atomic mass is 10.2. The first-order valence-corrected chi connectivity index (χ1v) is 9.04. The molecule has 0 saturated carbocycles. The van der Waals surface area contributed by atoms with Crippen molar-refractivity contribution < 1.29 is 19.1 Å². The van der Waals surface area contributed by atoms with Crippen LogP contribution < -0.4 is 20.1 Å². The second-order valence-corrected chi connectivity index (χ2v) is 7.03. The number of thioether (sulfide) groups is 1. The maximum atomic E-state index is 12.0. The molecule has 0 unspecified atom stereocenters. The summed E-state index contributed by atoms with van der Waals surface area (Å²) >= 11 is 6.17. The van der Waals surface area contributed by atoms with Gasteiger partial charge in [-0.2, -0.15) is 0 Å². The van der Waals surface area contributed by atoms with Crippen LogP contribution in [0.15, 0.2) is 47.5 Å². The number of carbonyl (C=O) groups is 2. The number of ether oxygens (including phenoxy) is 2. The van der Waals surface area contributed by atoms with Gasteiger partial charge in [-0.15, -0.1) is 0 Å². The molecule has 0 atom stereocenters. The molecule has 1 saturated heterocycles. The lowest BCUT2D eigenvalue weighted by Crippen LogP contribution is -2.20. The van der Waals surface area contributed by atoms with Crippen LogP contribution in [0.3, 0.4) is 0 Å². The Kier molecular flexibility index (Phi) is 6.05. The molecule has 3 rings (SSSR count). The predicted octanol–water partition coefficient (Wildman–Crippen LogP) is 2.60. The molecule has 0 spiro atoms. The minimum Gasteiger partial charge on any atom is -0.493 e. The fourth-order valence-electron chi connectivity index (χ4n) is 2.22. The first kappa shape index (κ1) is 18.9. The summed E-state index contributed by atoms with van der Waals surface area (Å²) in [5, 5.41) is 5.19. The van der Waals surface area contributed by atoms with Crippen molar-refractivity contribution >= 4 is 52.0 Å². The number of benzene rings is 1. The molecule has 9 heteroatoms. The van der Waals surface area contributed by atoms with E-state index in [2.05, 4.69) is 15.6 Å². The molecule has 2 amide bonds. The normalized spacial score (nSPS) is 14.8. The highest BCUT2D eigenvalue weighted by Crippen LogP contribution is 2.31. The Morgan fingerprint density at radius 3 is 2.85 bits per heavy atom. The van der Waals surface area contributed by atoms with E-state index in [1.165, 1.54) is 18.9 Å². The van der Waals surface area contributed by atoms with Crippen LogP contribution in [0, 0.1) is 0 Å². The van der Waals surface area contributed by atoms with E-state index in [9.17, 15) is 9.59 Å². The molecule has 27 heavy (non-hydrogen) atoms. The molecule has 138 valence electrons. The summed E-state index contributed by atoms with van der Waals surface area (Å²) in [6.07, 6.45) is 3.29. The molecule has 0 radical (unpaired) electrons. The number of amides is 2. The molecule has 7 nitrogen and oxygen atoms in total. The molecule has 1 aromatic carbocycles. The van der Waals surface area contributed by atoms with Crippen LogP contribution in [0.1, 0.15) is 5.56 Å². The summed E-state index contributed by atoms with van der Waals surface area (Å²) in [6.45, 7) is -0.195. The van der Waals surface area contributed by atoms with Crippen molar-refractivity contribution in [3.05, 3.63) is 53.1 Å².